The number of benzene rings is 1. The molecular weight excluding hydrogens is 157 g/mol. The normalized spacial score (nSPS) is 10.3. The maximum atomic E-state index is 10.6. The predicted molar refractivity (Wildman–Crippen MR) is 41.6 cm³/mol. The van der Waals surface area contributed by atoms with Crippen LogP contribution in [0.5, 0.6) is 0 Å². The summed E-state index contributed by atoms with van der Waals surface area (Å²) in [5, 5.41) is 15.9. The summed E-state index contributed by atoms with van der Waals surface area (Å²) in [7, 11) is 0. The molecule has 0 bridgehead atoms. The van der Waals surface area contributed by atoms with Gasteiger partial charge in [-0.05, 0) is 12.1 Å². The van der Waals surface area contributed by atoms with Gasteiger partial charge in [0.15, 0.2) is 0 Å². The van der Waals surface area contributed by atoms with Crippen molar-refractivity contribution < 1.29 is 9.73 Å². The molecule has 0 unspecified atom stereocenters. The van der Waals surface area contributed by atoms with Gasteiger partial charge in [0.25, 0.3) is 0 Å². The molecule has 0 aliphatic heterocycles. The second kappa shape index (κ2) is 2.40. The summed E-state index contributed by atoms with van der Waals surface area (Å²) in [5.74, 6) is 0. The predicted octanol–water partition coefficient (Wildman–Crippen LogP) is -0.313. The van der Waals surface area contributed by atoms with Crippen molar-refractivity contribution >= 4 is 18.0 Å². The fourth-order valence-corrected chi connectivity index (χ4v) is 1.05. The fraction of sp³-hybridized carbons (Fsp3) is 0. The van der Waals surface area contributed by atoms with Gasteiger partial charge in [-0.2, -0.15) is 0 Å². The van der Waals surface area contributed by atoms with Gasteiger partial charge in [0.2, 0.25) is 0 Å². The molecule has 0 saturated carbocycles. The summed E-state index contributed by atoms with van der Waals surface area (Å²) in [5.41, 5.74) is 1.15. The molecule has 6 heteroatoms. The van der Waals surface area contributed by atoms with Crippen LogP contribution < -0.4 is 0 Å². The van der Waals surface area contributed by atoms with Crippen molar-refractivity contribution in [3.05, 3.63) is 24.3 Å². The molecule has 0 spiro atoms. The molecule has 1 aromatic carbocycles. The SMILES string of the molecule is O=[B-](O)n1nnc2ccccc21. The summed E-state index contributed by atoms with van der Waals surface area (Å²) in [4.78, 5) is 0. The quantitative estimate of drug-likeness (QED) is 0.583. The van der Waals surface area contributed by atoms with Crippen molar-refractivity contribution in [2.24, 2.45) is 0 Å². The van der Waals surface area contributed by atoms with Crippen molar-refractivity contribution in [1.82, 2.24) is 14.9 Å². The molecule has 5 nitrogen and oxygen atoms in total. The molecule has 2 rings (SSSR count). The van der Waals surface area contributed by atoms with Crippen molar-refractivity contribution in [3.8, 4) is 0 Å². The van der Waals surface area contributed by atoms with Crippen molar-refractivity contribution in [3.63, 3.8) is 0 Å². The topological polar surface area (TPSA) is 68.0 Å². The summed E-state index contributed by atoms with van der Waals surface area (Å²) in [6.07, 6.45) is 0. The monoisotopic (exact) mass is 162 g/mol. The van der Waals surface area contributed by atoms with Crippen LogP contribution in [0.1, 0.15) is 0 Å². The van der Waals surface area contributed by atoms with E-state index in [-0.39, 0.29) is 0 Å². The highest BCUT2D eigenvalue weighted by molar-refractivity contribution is 6.32. The summed E-state index contributed by atoms with van der Waals surface area (Å²) >= 11 is 0. The summed E-state index contributed by atoms with van der Waals surface area (Å²) < 4.78 is 11.5. The Morgan fingerprint density at radius 2 is 2.17 bits per heavy atom. The second-order valence-corrected chi connectivity index (χ2v) is 2.35. The molecule has 60 valence electrons. The Balaban J connectivity index is 2.79. The number of rotatable bonds is 1. The van der Waals surface area contributed by atoms with Gasteiger partial charge in [0.1, 0.15) is 5.52 Å². The minimum Gasteiger partial charge on any atom is -0.719 e. The Kier molecular flexibility index (Phi) is 1.39. The van der Waals surface area contributed by atoms with Gasteiger partial charge in [0.05, 0.1) is 5.52 Å². The van der Waals surface area contributed by atoms with Crippen molar-refractivity contribution in [1.29, 1.82) is 0 Å². The fourth-order valence-electron chi connectivity index (χ4n) is 1.05. The number of hydrogen-bond donors (Lipinski definition) is 1. The molecule has 1 N–H and O–H groups in total. The van der Waals surface area contributed by atoms with Crippen LogP contribution in [0.15, 0.2) is 24.3 Å². The zero-order valence-corrected chi connectivity index (χ0v) is 6.08. The molecule has 0 amide bonds. The zero-order valence-electron chi connectivity index (χ0n) is 6.08. The third-order valence-electron chi connectivity index (χ3n) is 1.59. The lowest BCUT2D eigenvalue weighted by Gasteiger charge is -2.02. The number of fused-ring (bicyclic) bond motifs is 1. The van der Waals surface area contributed by atoms with Crippen LogP contribution in [-0.2, 0) is 4.70 Å². The Bertz CT molecular complexity index is 439. The number of para-hydroxylation sites is 1. The molecule has 0 saturated heterocycles. The molecule has 1 heterocycles. The second-order valence-electron chi connectivity index (χ2n) is 2.35. The lowest BCUT2D eigenvalue weighted by atomic mass is 10.2. The van der Waals surface area contributed by atoms with Gasteiger partial charge in [-0.1, -0.05) is 12.1 Å². The van der Waals surface area contributed by atoms with Crippen molar-refractivity contribution in [2.75, 3.05) is 0 Å². The Hall–Kier alpha value is -1.72. The van der Waals surface area contributed by atoms with Crippen LogP contribution >= 0.6 is 0 Å². The largest absolute Gasteiger partial charge is 0.719 e. The Morgan fingerprint density at radius 1 is 1.42 bits per heavy atom. The van der Waals surface area contributed by atoms with E-state index in [1.54, 1.807) is 24.3 Å². The number of aromatic nitrogens is 3. The highest BCUT2D eigenvalue weighted by atomic mass is 16.3. The van der Waals surface area contributed by atoms with Gasteiger partial charge < -0.3 is 14.3 Å². The molecule has 0 aliphatic rings. The third kappa shape index (κ3) is 0.885. The Morgan fingerprint density at radius 3 is 2.92 bits per heavy atom. The molecule has 0 radical (unpaired) electrons. The van der Waals surface area contributed by atoms with E-state index in [2.05, 4.69) is 10.3 Å². The number of hydrogen-bond acceptors (Lipinski definition) is 3. The minimum absolute atomic E-state index is 0.542. The standard InChI is InChI=1S/C6H5BN3O2/c11-7(12)10-6-4-2-1-3-5(6)8-9-10/h1-4,11H/q-1. The lowest BCUT2D eigenvalue weighted by Crippen LogP contribution is -2.14. The lowest BCUT2D eigenvalue weighted by molar-refractivity contribution is 0.427. The van der Waals surface area contributed by atoms with Crippen molar-refractivity contribution in [2.45, 2.75) is 0 Å². The molecular formula is C6H5BN3O2-. The average molecular weight is 162 g/mol. The van der Waals surface area contributed by atoms with E-state index >= 15 is 0 Å². The first-order chi connectivity index (χ1) is 5.79. The molecule has 12 heavy (non-hydrogen) atoms. The van der Waals surface area contributed by atoms with Gasteiger partial charge in [0, 0.05) is 0 Å². The highest BCUT2D eigenvalue weighted by Gasteiger charge is 2.00. The van der Waals surface area contributed by atoms with Crippen LogP contribution in [0.2, 0.25) is 0 Å². The van der Waals surface area contributed by atoms with Crippen LogP contribution in [0.3, 0.4) is 0 Å². The summed E-state index contributed by atoms with van der Waals surface area (Å²) in [6, 6.07) is 6.95. The molecule has 2 aromatic rings. The van der Waals surface area contributed by atoms with E-state index in [1.165, 1.54) is 0 Å². The molecule has 0 fully saturated rings. The van der Waals surface area contributed by atoms with Gasteiger partial charge in [-0.25, -0.2) is 0 Å². The smallest absolute Gasteiger partial charge is 0.422 e. The van der Waals surface area contributed by atoms with Crippen LogP contribution in [0.25, 0.3) is 11.0 Å². The summed E-state index contributed by atoms with van der Waals surface area (Å²) in [6.45, 7) is -1.88. The minimum atomic E-state index is -1.88. The first kappa shape index (κ1) is 6.96. The van der Waals surface area contributed by atoms with E-state index in [9.17, 15) is 4.70 Å². The molecule has 0 atom stereocenters. The van der Waals surface area contributed by atoms with E-state index in [1.807, 2.05) is 0 Å². The molecule has 0 aliphatic carbocycles. The molecule has 1 aromatic heterocycles. The zero-order chi connectivity index (χ0) is 8.55. The van der Waals surface area contributed by atoms with Gasteiger partial charge in [-0.15, -0.1) is 10.3 Å². The third-order valence-corrected chi connectivity index (χ3v) is 1.59. The average Bonchev–Trinajstić information content (AvgIpc) is 2.47. The van der Waals surface area contributed by atoms with Crippen LogP contribution in [0, 0.1) is 0 Å². The van der Waals surface area contributed by atoms with E-state index in [4.69, 9.17) is 5.02 Å². The van der Waals surface area contributed by atoms with E-state index in [0.717, 1.165) is 4.59 Å². The van der Waals surface area contributed by atoms with Gasteiger partial charge in [-0.3, -0.25) is 0 Å². The first-order valence-electron chi connectivity index (χ1n) is 3.43. The Labute approximate surface area is 67.8 Å². The van der Waals surface area contributed by atoms with Crippen LogP contribution in [-0.4, -0.2) is 26.8 Å². The van der Waals surface area contributed by atoms with Crippen LogP contribution in [0.4, 0.5) is 0 Å². The number of nitrogens with zero attached hydrogens (tertiary/aromatic N) is 3. The highest BCUT2D eigenvalue weighted by Crippen LogP contribution is 2.07. The van der Waals surface area contributed by atoms with E-state index < -0.39 is 6.92 Å². The van der Waals surface area contributed by atoms with Gasteiger partial charge >= 0.3 is 6.92 Å². The maximum absolute atomic E-state index is 10.6. The first-order valence-corrected chi connectivity index (χ1v) is 3.43. The van der Waals surface area contributed by atoms with E-state index in [0.29, 0.717) is 11.0 Å². The maximum Gasteiger partial charge on any atom is 0.422 e.